The van der Waals surface area contributed by atoms with Crippen molar-refractivity contribution in [2.75, 3.05) is 0 Å². The Balaban J connectivity index is 1.56. The number of esters is 4. The molecule has 4 aromatic carbocycles. The highest BCUT2D eigenvalue weighted by molar-refractivity contribution is 5.89. The first-order chi connectivity index (χ1) is 25.9. The Morgan fingerprint density at radius 2 is 1.04 bits per heavy atom. The van der Waals surface area contributed by atoms with Gasteiger partial charge in [-0.25, -0.2) is 19.2 Å². The molecule has 0 aliphatic heterocycles. The third-order valence-electron chi connectivity index (χ3n) is 6.66. The van der Waals surface area contributed by atoms with E-state index in [4.69, 9.17) is 23.7 Å². The van der Waals surface area contributed by atoms with Crippen LogP contribution in [0.15, 0.2) is 141 Å². The highest BCUT2D eigenvalue weighted by Crippen LogP contribution is 2.32. The summed E-state index contributed by atoms with van der Waals surface area (Å²) in [6.45, 7) is 12.8. The maximum atomic E-state index is 13.7. The summed E-state index contributed by atoms with van der Waals surface area (Å²) in [5.41, 5.74) is 2.48. The maximum Gasteiger partial charge on any atom is 0.371 e. The molecule has 0 saturated carbocycles. The van der Waals surface area contributed by atoms with E-state index in [1.165, 1.54) is 42.7 Å². The Bertz CT molecular complexity index is 2230. The molecule has 268 valence electrons. The van der Waals surface area contributed by atoms with Crippen LogP contribution >= 0.6 is 0 Å². The fraction of sp³-hybridized carbons (Fsp3) is 0.0233. The molecule has 9 nitrogen and oxygen atoms in total. The van der Waals surface area contributed by atoms with Gasteiger partial charge in [-0.2, -0.15) is 8.78 Å². The van der Waals surface area contributed by atoms with Gasteiger partial charge >= 0.3 is 23.9 Å². The van der Waals surface area contributed by atoms with Crippen molar-refractivity contribution in [1.29, 1.82) is 0 Å². The number of carbonyl (C=O) groups excluding carboxylic acids is 4. The molecule has 0 saturated heterocycles. The zero-order chi connectivity index (χ0) is 39.0. The topological polar surface area (TPSA) is 114 Å². The van der Waals surface area contributed by atoms with Crippen molar-refractivity contribution < 1.29 is 51.6 Å². The van der Waals surface area contributed by atoms with Gasteiger partial charge in [0.2, 0.25) is 11.7 Å². The van der Waals surface area contributed by atoms with Gasteiger partial charge in [0.25, 0.3) is 0 Å². The molecule has 4 rings (SSSR count). The molecule has 0 N–H and O–H groups in total. The summed E-state index contributed by atoms with van der Waals surface area (Å²) in [6, 6.07) is 22.3. The number of hydrogen-bond acceptors (Lipinski definition) is 9. The summed E-state index contributed by atoms with van der Waals surface area (Å²) in [5, 5.41) is 0. The van der Waals surface area contributed by atoms with Crippen LogP contribution in [0.1, 0.15) is 33.4 Å². The smallest absolute Gasteiger partial charge is 0.371 e. The largest absolute Gasteiger partial charge is 0.496 e. The average Bonchev–Trinajstić information content (AvgIpc) is 3.16. The summed E-state index contributed by atoms with van der Waals surface area (Å²) in [4.78, 5) is 47.2. The molecular weight excluding hydrogens is 698 g/mol. The van der Waals surface area contributed by atoms with Crippen molar-refractivity contribution in [1.82, 2.24) is 0 Å². The third kappa shape index (κ3) is 11.9. The molecular formula is C43H28F2O9. The lowest BCUT2D eigenvalue weighted by Crippen LogP contribution is -2.12. The molecule has 0 aromatic heterocycles. The first-order valence-electron chi connectivity index (χ1n) is 15.5. The number of carbonyl (C=O) groups is 4. The standard InChI is InChI=1S/C43H28F2O9/c1-5-40(46)51-35-18-13-31(14-19-35)17-22-37-38(53-42(48)28(3)44)25-34(26-39(37)54-43(49)29(4)45)12-11-30-7-9-32(10-8-30)23-24-50-27-33-15-20-36(21-16-33)52-41(47)6-2/h5-10,13-16,18-21,23-26H,1-4,27H2. The molecule has 11 heteroatoms. The van der Waals surface area contributed by atoms with Crippen molar-refractivity contribution >= 4 is 30.0 Å². The molecule has 0 heterocycles. The molecule has 0 bridgehead atoms. The van der Waals surface area contributed by atoms with E-state index in [2.05, 4.69) is 50.0 Å². The van der Waals surface area contributed by atoms with Crippen LogP contribution in [0.3, 0.4) is 0 Å². The second kappa shape index (κ2) is 19.0. The van der Waals surface area contributed by atoms with E-state index >= 15 is 0 Å². The summed E-state index contributed by atoms with van der Waals surface area (Å²) < 4.78 is 53.4. The Hall–Kier alpha value is -7.76. The summed E-state index contributed by atoms with van der Waals surface area (Å²) in [5.74, 6) is 4.11. The van der Waals surface area contributed by atoms with Crippen molar-refractivity contribution in [3.8, 4) is 46.7 Å². The van der Waals surface area contributed by atoms with E-state index < -0.39 is 35.5 Å². The van der Waals surface area contributed by atoms with E-state index in [-0.39, 0.29) is 35.0 Å². The minimum Gasteiger partial charge on any atom is -0.496 e. The highest BCUT2D eigenvalue weighted by atomic mass is 19.1. The number of benzene rings is 4. The van der Waals surface area contributed by atoms with E-state index in [0.717, 1.165) is 23.3 Å². The van der Waals surface area contributed by atoms with Gasteiger partial charge < -0.3 is 23.7 Å². The molecule has 54 heavy (non-hydrogen) atoms. The number of rotatable bonds is 12. The number of halogens is 2. The summed E-state index contributed by atoms with van der Waals surface area (Å²) in [6.07, 6.45) is 5.33. The molecule has 0 spiro atoms. The molecule has 0 aliphatic rings. The summed E-state index contributed by atoms with van der Waals surface area (Å²) >= 11 is 0. The molecule has 0 amide bonds. The van der Waals surface area contributed by atoms with Crippen LogP contribution in [-0.4, -0.2) is 23.9 Å². The minimum absolute atomic E-state index is 0.123. The van der Waals surface area contributed by atoms with Gasteiger partial charge in [-0.1, -0.05) is 74.3 Å². The third-order valence-corrected chi connectivity index (χ3v) is 6.66. The van der Waals surface area contributed by atoms with Crippen LogP contribution in [0, 0.1) is 23.7 Å². The fourth-order valence-electron chi connectivity index (χ4n) is 4.06. The Kier molecular flexibility index (Phi) is 13.7. The van der Waals surface area contributed by atoms with E-state index in [0.29, 0.717) is 16.9 Å². The van der Waals surface area contributed by atoms with Gasteiger partial charge in [-0.3, -0.25) is 0 Å². The fourth-order valence-corrected chi connectivity index (χ4v) is 4.06. The van der Waals surface area contributed by atoms with Crippen LogP contribution in [0.5, 0.6) is 23.0 Å². The molecule has 0 radical (unpaired) electrons. The second-order valence-corrected chi connectivity index (χ2v) is 10.6. The van der Waals surface area contributed by atoms with Crippen molar-refractivity contribution in [3.63, 3.8) is 0 Å². The van der Waals surface area contributed by atoms with Gasteiger partial charge in [0.05, 0.1) is 6.26 Å². The molecule has 4 aromatic rings. The van der Waals surface area contributed by atoms with Gasteiger partial charge in [0, 0.05) is 28.8 Å². The molecule has 0 fully saturated rings. The van der Waals surface area contributed by atoms with Crippen molar-refractivity contribution in [2.45, 2.75) is 6.61 Å². The highest BCUT2D eigenvalue weighted by Gasteiger charge is 2.20. The molecule has 0 unspecified atom stereocenters. The zero-order valence-corrected chi connectivity index (χ0v) is 28.4. The quantitative estimate of drug-likeness (QED) is 0.0478. The van der Waals surface area contributed by atoms with Crippen molar-refractivity contribution in [3.05, 3.63) is 175 Å². The first-order valence-corrected chi connectivity index (χ1v) is 15.5. The Labute approximate surface area is 309 Å². The van der Waals surface area contributed by atoms with Gasteiger partial charge in [0.15, 0.2) is 11.5 Å². The zero-order valence-electron chi connectivity index (χ0n) is 28.4. The second-order valence-electron chi connectivity index (χ2n) is 10.6. The lowest BCUT2D eigenvalue weighted by Gasteiger charge is -2.11. The normalized spacial score (nSPS) is 9.96. The Morgan fingerprint density at radius 1 is 0.593 bits per heavy atom. The van der Waals surface area contributed by atoms with Crippen LogP contribution in [-0.2, 0) is 30.5 Å². The van der Waals surface area contributed by atoms with E-state index in [1.807, 2.05) is 0 Å². The molecule has 0 atom stereocenters. The monoisotopic (exact) mass is 726 g/mol. The van der Waals surface area contributed by atoms with Crippen molar-refractivity contribution in [2.24, 2.45) is 0 Å². The van der Waals surface area contributed by atoms with E-state index in [9.17, 15) is 28.0 Å². The predicted octanol–water partition coefficient (Wildman–Crippen LogP) is 7.63. The number of ether oxygens (including phenoxy) is 5. The van der Waals surface area contributed by atoms with Gasteiger partial charge in [-0.15, -0.1) is 0 Å². The Morgan fingerprint density at radius 3 is 1.52 bits per heavy atom. The van der Waals surface area contributed by atoms with Crippen LogP contribution < -0.4 is 18.9 Å². The average molecular weight is 727 g/mol. The van der Waals surface area contributed by atoms with Gasteiger partial charge in [-0.05, 0) is 77.9 Å². The minimum atomic E-state index is -1.46. The lowest BCUT2D eigenvalue weighted by atomic mass is 10.1. The van der Waals surface area contributed by atoms with Crippen LogP contribution in [0.2, 0.25) is 0 Å². The predicted molar refractivity (Wildman–Crippen MR) is 195 cm³/mol. The SMILES string of the molecule is C=CC(=O)Oc1ccc(C#Cc2c(OC(=O)C(=C)F)cc(C#Cc3ccc(C=COCc4ccc(OC(=O)C=C)cc4)cc3)cc2OC(=O)C(=C)F)cc1. The van der Waals surface area contributed by atoms with Gasteiger partial charge in [0.1, 0.15) is 23.7 Å². The summed E-state index contributed by atoms with van der Waals surface area (Å²) in [7, 11) is 0. The van der Waals surface area contributed by atoms with Crippen LogP contribution in [0.4, 0.5) is 8.78 Å². The molecule has 0 aliphatic carbocycles. The number of hydrogen-bond donors (Lipinski definition) is 0. The first kappa shape index (κ1) is 39.0. The van der Waals surface area contributed by atoms with Crippen LogP contribution in [0.25, 0.3) is 6.08 Å². The lowest BCUT2D eigenvalue weighted by molar-refractivity contribution is -0.132. The maximum absolute atomic E-state index is 13.7. The van der Waals surface area contributed by atoms with E-state index in [1.54, 1.807) is 54.6 Å².